The third-order valence-electron chi connectivity index (χ3n) is 7.55. The number of unbranched alkanes of at least 4 members (excludes halogenated alkanes) is 3. The van der Waals surface area contributed by atoms with Gasteiger partial charge in [-0.2, -0.15) is 0 Å². The summed E-state index contributed by atoms with van der Waals surface area (Å²) < 4.78 is 7.22. The van der Waals surface area contributed by atoms with Gasteiger partial charge < -0.3 is 0 Å². The summed E-state index contributed by atoms with van der Waals surface area (Å²) in [6, 6.07) is 6.91. The third-order valence-corrected chi connectivity index (χ3v) is 21.6. The second-order valence-electron chi connectivity index (χ2n) is 10.8. The summed E-state index contributed by atoms with van der Waals surface area (Å²) in [5, 5.41) is 0. The number of carbonyl (C=O) groups excluding carboxylic acids is 2. The van der Waals surface area contributed by atoms with E-state index in [1.807, 2.05) is 19.1 Å². The fourth-order valence-electron chi connectivity index (χ4n) is 5.07. The minimum atomic E-state index is -2.24. The van der Waals surface area contributed by atoms with Crippen molar-refractivity contribution in [2.24, 2.45) is 0 Å². The molecule has 1 atom stereocenters. The zero-order valence-electron chi connectivity index (χ0n) is 24.2. The van der Waals surface area contributed by atoms with Crippen LogP contribution < -0.4 is 0 Å². The molecule has 0 aliphatic carbocycles. The van der Waals surface area contributed by atoms with Crippen molar-refractivity contribution >= 4 is 30.2 Å². The van der Waals surface area contributed by atoms with Crippen LogP contribution in [0.25, 0.3) is 0 Å². The van der Waals surface area contributed by atoms with Gasteiger partial charge in [0.05, 0.1) is 11.1 Å². The Balaban J connectivity index is 2.01. The number of benzene rings is 1. The van der Waals surface area contributed by atoms with Crippen LogP contribution in [0.2, 0.25) is 13.3 Å². The predicted molar refractivity (Wildman–Crippen MR) is 162 cm³/mol. The van der Waals surface area contributed by atoms with E-state index in [2.05, 4.69) is 69.1 Å². The second kappa shape index (κ2) is 16.2. The van der Waals surface area contributed by atoms with Gasteiger partial charge in [0.15, 0.2) is 0 Å². The number of imide groups is 1. The van der Waals surface area contributed by atoms with Crippen LogP contribution in [0.4, 0.5) is 0 Å². The quantitative estimate of drug-likeness (QED) is 0.106. The van der Waals surface area contributed by atoms with E-state index >= 15 is 0 Å². The van der Waals surface area contributed by atoms with Crippen LogP contribution in [0.1, 0.15) is 107 Å². The van der Waals surface area contributed by atoms with E-state index in [1.54, 1.807) is 12.1 Å². The number of hydrogen-bond acceptors (Lipinski definition) is 2. The average molecular weight is 610 g/mol. The maximum atomic E-state index is 12.7. The molecule has 0 saturated heterocycles. The Labute approximate surface area is 230 Å². The number of nitrogens with zero attached hydrogens (tertiary/aromatic N) is 1. The van der Waals surface area contributed by atoms with E-state index in [-0.39, 0.29) is 17.9 Å². The monoisotopic (exact) mass is 611 g/mol. The van der Waals surface area contributed by atoms with Crippen LogP contribution in [-0.4, -0.2) is 41.1 Å². The van der Waals surface area contributed by atoms with Crippen molar-refractivity contribution in [2.45, 2.75) is 106 Å². The van der Waals surface area contributed by atoms with Crippen molar-refractivity contribution in [3.8, 4) is 0 Å². The molecular formula is C33H49NO2Sn. The van der Waals surface area contributed by atoms with Gasteiger partial charge in [-0.05, 0) is 12.1 Å². The zero-order valence-corrected chi connectivity index (χ0v) is 27.0. The van der Waals surface area contributed by atoms with Crippen LogP contribution in [-0.2, 0) is 0 Å². The molecule has 2 rings (SSSR count). The van der Waals surface area contributed by atoms with E-state index in [4.69, 9.17) is 0 Å². The van der Waals surface area contributed by atoms with E-state index in [0.717, 1.165) is 5.57 Å². The molecule has 2 amide bonds. The van der Waals surface area contributed by atoms with Gasteiger partial charge in [-0.3, -0.25) is 9.59 Å². The molecule has 1 aliphatic heterocycles. The average Bonchev–Trinajstić information content (AvgIpc) is 3.16. The summed E-state index contributed by atoms with van der Waals surface area (Å²) in [5.74, 6) is -0.364. The summed E-state index contributed by atoms with van der Waals surface area (Å²) in [4.78, 5) is 26.8. The first-order valence-electron chi connectivity index (χ1n) is 14.5. The molecule has 0 aromatic heterocycles. The maximum absolute atomic E-state index is 12.7. The van der Waals surface area contributed by atoms with E-state index in [0.29, 0.717) is 17.5 Å². The van der Waals surface area contributed by atoms with Crippen LogP contribution in [0.3, 0.4) is 0 Å². The molecule has 0 fully saturated rings. The van der Waals surface area contributed by atoms with Crippen LogP contribution in [0.5, 0.6) is 0 Å². The predicted octanol–water partition coefficient (Wildman–Crippen LogP) is 9.45. The summed E-state index contributed by atoms with van der Waals surface area (Å²) in [6.45, 7) is 13.2. The topological polar surface area (TPSA) is 37.4 Å². The zero-order chi connectivity index (χ0) is 27.3. The molecule has 1 aliphatic rings. The first-order chi connectivity index (χ1) is 17.8. The molecule has 0 radical (unpaired) electrons. The molecule has 1 aromatic carbocycles. The van der Waals surface area contributed by atoms with Crippen LogP contribution in [0, 0.1) is 0 Å². The number of rotatable bonds is 16. The van der Waals surface area contributed by atoms with Crippen LogP contribution >= 0.6 is 0 Å². The van der Waals surface area contributed by atoms with Crippen molar-refractivity contribution in [3.63, 3.8) is 0 Å². The standard InChI is InChI=1S/C21H22NO2.3C4H9.Sn/c1-5-15(2)9-8-10-16(3)13-14-17(4)22-20(23)18-11-6-7-12-19(18)21(22)24;3*1-3-4-2;/h1,5-13,17H,14H2,2-4H3;3*1,3-4H2,2H3;/b5-1?,10-8+,15-9+,16-13+;;;;/t17-;;;;/m0..../s1. The number of allylic oxidation sites excluding steroid dienone is 6. The Morgan fingerprint density at radius 1 is 0.838 bits per heavy atom. The van der Waals surface area contributed by atoms with E-state index in [9.17, 15) is 9.59 Å². The van der Waals surface area contributed by atoms with Gasteiger partial charge in [0.25, 0.3) is 0 Å². The van der Waals surface area contributed by atoms with E-state index in [1.165, 1.54) is 62.3 Å². The first kappa shape index (κ1) is 31.3. The molecule has 1 aromatic rings. The molecule has 1 heterocycles. The summed E-state index contributed by atoms with van der Waals surface area (Å²) in [5.41, 5.74) is 3.48. The Hall–Kier alpha value is -1.88. The third kappa shape index (κ3) is 9.42. The molecule has 37 heavy (non-hydrogen) atoms. The van der Waals surface area contributed by atoms with Crippen molar-refractivity contribution in [1.82, 2.24) is 4.90 Å². The van der Waals surface area contributed by atoms with Crippen molar-refractivity contribution in [1.29, 1.82) is 0 Å². The summed E-state index contributed by atoms with van der Waals surface area (Å²) in [7, 11) is 0. The van der Waals surface area contributed by atoms with Gasteiger partial charge in [0.1, 0.15) is 0 Å². The number of amides is 2. The molecule has 4 heteroatoms. The first-order valence-corrected chi connectivity index (χ1v) is 22.2. The van der Waals surface area contributed by atoms with Gasteiger partial charge in [0.2, 0.25) is 0 Å². The molecule has 0 spiro atoms. The Morgan fingerprint density at radius 2 is 1.35 bits per heavy atom. The number of hydrogen-bond donors (Lipinski definition) is 0. The fourth-order valence-corrected chi connectivity index (χ4v) is 19.4. The van der Waals surface area contributed by atoms with Gasteiger partial charge in [-0.1, -0.05) is 12.1 Å². The fraction of sp³-hybridized carbons (Fsp3) is 0.515. The van der Waals surface area contributed by atoms with Gasteiger partial charge >= 0.3 is 187 Å². The molecular weight excluding hydrogens is 561 g/mol. The van der Waals surface area contributed by atoms with Gasteiger partial charge in [0, 0.05) is 0 Å². The SMILES string of the molecule is CCC[CH2][Sn](/[CH]=C/C(C)=C/C=C/C(C)=C/C[C@H](C)N1C(=O)c2ccccc2C1=O)([CH2]CCC)[CH2]CCC. The Bertz CT molecular complexity index is 960. The second-order valence-corrected chi connectivity index (χ2v) is 23.8. The van der Waals surface area contributed by atoms with Crippen molar-refractivity contribution in [2.75, 3.05) is 0 Å². The summed E-state index contributed by atoms with van der Waals surface area (Å²) >= 11 is -2.24. The van der Waals surface area contributed by atoms with Crippen LogP contribution in [0.15, 0.2) is 69.9 Å². The Morgan fingerprint density at radius 3 is 1.84 bits per heavy atom. The molecule has 0 saturated carbocycles. The number of carbonyl (C=O) groups is 2. The normalized spacial score (nSPS) is 15.9. The minimum absolute atomic E-state index is 0.175. The van der Waals surface area contributed by atoms with Crippen molar-refractivity contribution in [3.05, 3.63) is 81.0 Å². The molecule has 0 N–H and O–H groups in total. The number of fused-ring (bicyclic) bond motifs is 1. The molecule has 0 bridgehead atoms. The van der Waals surface area contributed by atoms with Gasteiger partial charge in [-0.25, -0.2) is 0 Å². The summed E-state index contributed by atoms with van der Waals surface area (Å²) in [6.07, 6.45) is 19.7. The Kier molecular flexibility index (Phi) is 13.7. The molecule has 202 valence electrons. The van der Waals surface area contributed by atoms with E-state index < -0.39 is 18.4 Å². The molecule has 0 unspecified atom stereocenters. The van der Waals surface area contributed by atoms with Crippen molar-refractivity contribution < 1.29 is 9.59 Å². The van der Waals surface area contributed by atoms with Gasteiger partial charge in [-0.15, -0.1) is 0 Å². The molecule has 3 nitrogen and oxygen atoms in total.